The van der Waals surface area contributed by atoms with Crippen molar-refractivity contribution in [2.75, 3.05) is 26.2 Å². The molecule has 0 aliphatic carbocycles. The molecule has 2 fully saturated rings. The second-order valence-electron chi connectivity index (χ2n) is 8.78. The summed E-state index contributed by atoms with van der Waals surface area (Å²) in [5.41, 5.74) is -1.62. The van der Waals surface area contributed by atoms with E-state index in [1.54, 1.807) is 29.2 Å². The van der Waals surface area contributed by atoms with Crippen LogP contribution < -0.4 is 0 Å². The van der Waals surface area contributed by atoms with Crippen molar-refractivity contribution in [1.82, 2.24) is 14.8 Å². The van der Waals surface area contributed by atoms with Gasteiger partial charge >= 0.3 is 6.18 Å². The Labute approximate surface area is 188 Å². The molecule has 0 spiro atoms. The van der Waals surface area contributed by atoms with Crippen molar-refractivity contribution in [2.24, 2.45) is 0 Å². The first kappa shape index (κ1) is 23.2. The largest absolute Gasteiger partial charge is 0.417 e. The number of ether oxygens (including phenoxy) is 1. The molecule has 2 aromatic rings. The summed E-state index contributed by atoms with van der Waals surface area (Å²) in [5, 5.41) is 0. The maximum atomic E-state index is 14.1. The molecule has 33 heavy (non-hydrogen) atoms. The Balaban J connectivity index is 1.47. The Morgan fingerprint density at radius 3 is 2.15 bits per heavy atom. The monoisotopic (exact) mass is 465 g/mol. The Morgan fingerprint density at radius 2 is 1.61 bits per heavy atom. The molecule has 2 unspecified atom stereocenters. The number of rotatable bonds is 3. The third kappa shape index (κ3) is 5.00. The fraction of sp³-hybridized carbons (Fsp3) is 0.435. The topological polar surface area (TPSA) is 62.7 Å². The predicted octanol–water partition coefficient (Wildman–Crippen LogP) is 3.57. The highest BCUT2D eigenvalue weighted by Crippen LogP contribution is 2.30. The number of hydrogen-bond donors (Lipinski definition) is 0. The second kappa shape index (κ2) is 8.40. The van der Waals surface area contributed by atoms with E-state index in [-0.39, 0.29) is 32.1 Å². The van der Waals surface area contributed by atoms with Crippen molar-refractivity contribution in [3.8, 4) is 11.3 Å². The SMILES string of the molecule is CC(C)(F)C(=O)N1CC2CN(C(=O)c3cccc(-c4ccc(C(F)(F)F)cn4)c3)CC(C1)O2. The minimum Gasteiger partial charge on any atom is -0.368 e. The number of fused-ring (bicyclic) bond motifs is 2. The molecule has 2 atom stereocenters. The highest BCUT2D eigenvalue weighted by atomic mass is 19.4. The quantitative estimate of drug-likeness (QED) is 0.651. The van der Waals surface area contributed by atoms with Gasteiger partial charge in [-0.3, -0.25) is 14.6 Å². The number of aromatic nitrogens is 1. The molecule has 3 heterocycles. The number of alkyl halides is 4. The minimum atomic E-state index is -4.47. The number of pyridine rings is 1. The van der Waals surface area contributed by atoms with Crippen molar-refractivity contribution in [3.05, 3.63) is 53.7 Å². The van der Waals surface area contributed by atoms with Crippen LogP contribution in [0.5, 0.6) is 0 Å². The summed E-state index contributed by atoms with van der Waals surface area (Å²) in [4.78, 5) is 32.4. The minimum absolute atomic E-state index is 0.196. The Hall–Kier alpha value is -3.01. The molecule has 2 amide bonds. The second-order valence-corrected chi connectivity index (χ2v) is 8.78. The number of amides is 2. The first-order valence-corrected chi connectivity index (χ1v) is 10.5. The lowest BCUT2D eigenvalue weighted by atomic mass is 10.0. The first-order valence-electron chi connectivity index (χ1n) is 10.5. The normalized spacial score (nSPS) is 21.2. The van der Waals surface area contributed by atoms with Crippen molar-refractivity contribution in [2.45, 2.75) is 37.9 Å². The summed E-state index contributed by atoms with van der Waals surface area (Å²) in [6.07, 6.45) is -4.56. The summed E-state index contributed by atoms with van der Waals surface area (Å²) in [7, 11) is 0. The zero-order valence-electron chi connectivity index (χ0n) is 18.1. The Morgan fingerprint density at radius 1 is 0.970 bits per heavy atom. The van der Waals surface area contributed by atoms with E-state index in [1.165, 1.54) is 24.8 Å². The lowest BCUT2D eigenvalue weighted by Crippen LogP contribution is -2.63. The van der Waals surface area contributed by atoms with E-state index in [2.05, 4.69) is 4.98 Å². The van der Waals surface area contributed by atoms with Crippen LogP contribution in [-0.2, 0) is 15.7 Å². The number of carbonyl (C=O) groups excluding carboxylic acids is 2. The van der Waals surface area contributed by atoms with Gasteiger partial charge in [-0.1, -0.05) is 12.1 Å². The number of morpholine rings is 2. The smallest absolute Gasteiger partial charge is 0.368 e. The van der Waals surface area contributed by atoms with Crippen LogP contribution in [0.1, 0.15) is 29.8 Å². The molecule has 1 aromatic carbocycles. The van der Waals surface area contributed by atoms with Crippen LogP contribution in [0.25, 0.3) is 11.3 Å². The molecule has 0 saturated carbocycles. The fourth-order valence-corrected chi connectivity index (χ4v) is 4.13. The van der Waals surface area contributed by atoms with Crippen LogP contribution in [0.2, 0.25) is 0 Å². The van der Waals surface area contributed by atoms with Gasteiger partial charge in [0.2, 0.25) is 0 Å². The molecule has 2 aliphatic rings. The molecule has 10 heteroatoms. The Bertz CT molecular complexity index is 1040. The van der Waals surface area contributed by atoms with Gasteiger partial charge in [0.1, 0.15) is 0 Å². The maximum absolute atomic E-state index is 14.1. The van der Waals surface area contributed by atoms with E-state index in [9.17, 15) is 27.2 Å². The van der Waals surface area contributed by atoms with E-state index in [0.717, 1.165) is 12.3 Å². The molecule has 0 N–H and O–H groups in total. The third-order valence-electron chi connectivity index (χ3n) is 5.66. The average Bonchev–Trinajstić information content (AvgIpc) is 2.76. The number of halogens is 4. The van der Waals surface area contributed by atoms with Crippen molar-refractivity contribution in [3.63, 3.8) is 0 Å². The van der Waals surface area contributed by atoms with Crippen LogP contribution in [0.4, 0.5) is 17.6 Å². The molecular weight excluding hydrogens is 442 g/mol. The lowest BCUT2D eigenvalue weighted by molar-refractivity contribution is -0.165. The highest BCUT2D eigenvalue weighted by Gasteiger charge is 2.42. The Kier molecular flexibility index (Phi) is 5.90. The first-order chi connectivity index (χ1) is 15.4. The molecule has 2 saturated heterocycles. The summed E-state index contributed by atoms with van der Waals surface area (Å²) < 4.78 is 58.3. The average molecular weight is 465 g/mol. The summed E-state index contributed by atoms with van der Waals surface area (Å²) >= 11 is 0. The van der Waals surface area contributed by atoms with Gasteiger partial charge in [-0.25, -0.2) is 4.39 Å². The van der Waals surface area contributed by atoms with Crippen molar-refractivity contribution >= 4 is 11.8 Å². The molecule has 6 nitrogen and oxygen atoms in total. The molecular formula is C23H23F4N3O3. The van der Waals surface area contributed by atoms with E-state index < -0.39 is 35.5 Å². The lowest BCUT2D eigenvalue weighted by Gasteiger charge is -2.46. The molecule has 176 valence electrons. The molecule has 0 radical (unpaired) electrons. The van der Waals surface area contributed by atoms with Gasteiger partial charge in [0.05, 0.1) is 23.5 Å². The van der Waals surface area contributed by atoms with Crippen molar-refractivity contribution in [1.29, 1.82) is 0 Å². The van der Waals surface area contributed by atoms with Gasteiger partial charge in [0.25, 0.3) is 11.8 Å². The van der Waals surface area contributed by atoms with Crippen molar-refractivity contribution < 1.29 is 31.9 Å². The van der Waals surface area contributed by atoms with Gasteiger partial charge in [0.15, 0.2) is 5.67 Å². The van der Waals surface area contributed by atoms with Crippen LogP contribution in [-0.4, -0.2) is 70.7 Å². The molecule has 2 bridgehead atoms. The zero-order chi connectivity index (χ0) is 24.0. The van der Waals surface area contributed by atoms with Gasteiger partial charge in [0, 0.05) is 43.5 Å². The molecule has 1 aromatic heterocycles. The fourth-order valence-electron chi connectivity index (χ4n) is 4.13. The standard InChI is InChI=1S/C23H23F4N3O3/c1-22(2,24)21(32)30-12-17-10-29(11-18(13-30)33-17)20(31)15-5-3-4-14(8-15)19-7-6-16(9-28-19)23(25,26)27/h3-9,17-18H,10-13H2,1-2H3. The zero-order valence-corrected chi connectivity index (χ0v) is 18.1. The molecule has 2 aliphatic heterocycles. The highest BCUT2D eigenvalue weighted by molar-refractivity contribution is 5.95. The third-order valence-corrected chi connectivity index (χ3v) is 5.66. The molecule has 4 rings (SSSR count). The van der Waals surface area contributed by atoms with Gasteiger partial charge in [-0.2, -0.15) is 13.2 Å². The summed E-state index contributed by atoms with van der Waals surface area (Å²) in [6.45, 7) is 3.32. The van der Waals surface area contributed by atoms with Crippen LogP contribution in [0.3, 0.4) is 0 Å². The van der Waals surface area contributed by atoms with E-state index in [4.69, 9.17) is 4.74 Å². The van der Waals surface area contributed by atoms with E-state index in [0.29, 0.717) is 16.8 Å². The maximum Gasteiger partial charge on any atom is 0.417 e. The van der Waals surface area contributed by atoms with Gasteiger partial charge < -0.3 is 14.5 Å². The van der Waals surface area contributed by atoms with E-state index >= 15 is 0 Å². The van der Waals surface area contributed by atoms with Crippen LogP contribution in [0, 0.1) is 0 Å². The number of benzene rings is 1. The number of hydrogen-bond acceptors (Lipinski definition) is 4. The van der Waals surface area contributed by atoms with Crippen LogP contribution >= 0.6 is 0 Å². The van der Waals surface area contributed by atoms with Crippen LogP contribution in [0.15, 0.2) is 42.6 Å². The number of nitrogens with zero attached hydrogens (tertiary/aromatic N) is 3. The van der Waals surface area contributed by atoms with Gasteiger partial charge in [-0.15, -0.1) is 0 Å². The summed E-state index contributed by atoms with van der Waals surface area (Å²) in [6, 6.07) is 8.75. The predicted molar refractivity (Wildman–Crippen MR) is 111 cm³/mol. The summed E-state index contributed by atoms with van der Waals surface area (Å²) in [5.74, 6) is -0.857. The van der Waals surface area contributed by atoms with E-state index in [1.807, 2.05) is 0 Å². The number of carbonyl (C=O) groups is 2. The van der Waals surface area contributed by atoms with Gasteiger partial charge in [-0.05, 0) is 38.1 Å².